The molecule has 120 valence electrons. The van der Waals surface area contributed by atoms with Crippen molar-refractivity contribution < 1.29 is 14.3 Å². The van der Waals surface area contributed by atoms with E-state index in [9.17, 15) is 5.11 Å². The predicted octanol–water partition coefficient (Wildman–Crippen LogP) is 5.02. The van der Waals surface area contributed by atoms with Gasteiger partial charge in [0.05, 0.1) is 0 Å². The Morgan fingerprint density at radius 2 is 1.74 bits per heavy atom. The van der Waals surface area contributed by atoms with E-state index in [0.29, 0.717) is 25.2 Å². The molecule has 23 heavy (non-hydrogen) atoms. The molecular weight excluding hydrogens is 288 g/mol. The summed E-state index contributed by atoms with van der Waals surface area (Å²) in [6.45, 7) is 4.46. The van der Waals surface area contributed by atoms with Gasteiger partial charge in [-0.2, -0.15) is 0 Å². The summed E-state index contributed by atoms with van der Waals surface area (Å²) in [5.41, 5.74) is 1.00. The van der Waals surface area contributed by atoms with E-state index in [4.69, 9.17) is 9.15 Å². The molecule has 0 bridgehead atoms. The van der Waals surface area contributed by atoms with E-state index >= 15 is 0 Å². The molecule has 0 radical (unpaired) electrons. The fourth-order valence-corrected chi connectivity index (χ4v) is 2.68. The minimum atomic E-state index is -0.899. The molecule has 3 heteroatoms. The number of hydrogen-bond donors (Lipinski definition) is 1. The van der Waals surface area contributed by atoms with Crippen molar-refractivity contribution in [3.8, 4) is 5.75 Å². The van der Waals surface area contributed by atoms with Crippen LogP contribution in [-0.4, -0.2) is 5.11 Å². The Hall–Kier alpha value is -2.26. The highest BCUT2D eigenvalue weighted by Crippen LogP contribution is 2.34. The first-order valence-corrected chi connectivity index (χ1v) is 8.08. The second kappa shape index (κ2) is 6.47. The third kappa shape index (κ3) is 3.25. The average Bonchev–Trinajstić information content (AvgIpc) is 3.04. The van der Waals surface area contributed by atoms with Crippen LogP contribution in [0.1, 0.15) is 38.0 Å². The molecule has 0 unspecified atom stereocenters. The molecule has 0 saturated heterocycles. The van der Waals surface area contributed by atoms with Crippen molar-refractivity contribution in [3.05, 3.63) is 65.9 Å². The minimum absolute atomic E-state index is 0.533. The Morgan fingerprint density at radius 3 is 2.43 bits per heavy atom. The van der Waals surface area contributed by atoms with Crippen molar-refractivity contribution in [2.45, 2.75) is 38.9 Å². The zero-order valence-corrected chi connectivity index (χ0v) is 13.6. The van der Waals surface area contributed by atoms with Gasteiger partial charge < -0.3 is 14.3 Å². The monoisotopic (exact) mass is 310 g/mol. The van der Waals surface area contributed by atoms with Crippen LogP contribution in [-0.2, 0) is 12.2 Å². The Bertz CT molecular complexity index is 770. The molecule has 1 N–H and O–H groups in total. The molecule has 2 aromatic carbocycles. The van der Waals surface area contributed by atoms with Gasteiger partial charge in [-0.1, -0.05) is 44.2 Å². The van der Waals surface area contributed by atoms with Crippen LogP contribution in [0.4, 0.5) is 0 Å². The fraction of sp³-hybridized carbons (Fsp3) is 0.300. The molecule has 0 aliphatic heterocycles. The molecule has 3 aromatic rings. The molecule has 0 atom stereocenters. The maximum Gasteiger partial charge on any atom is 0.136 e. The van der Waals surface area contributed by atoms with Gasteiger partial charge in [-0.05, 0) is 42.7 Å². The van der Waals surface area contributed by atoms with E-state index in [1.807, 2.05) is 68.4 Å². The summed E-state index contributed by atoms with van der Waals surface area (Å²) in [6.07, 6.45) is 1.25. The highest BCUT2D eigenvalue weighted by molar-refractivity contribution is 5.79. The van der Waals surface area contributed by atoms with Gasteiger partial charge in [0, 0.05) is 5.39 Å². The van der Waals surface area contributed by atoms with Gasteiger partial charge in [0.2, 0.25) is 0 Å². The van der Waals surface area contributed by atoms with Crippen molar-refractivity contribution in [1.29, 1.82) is 0 Å². The van der Waals surface area contributed by atoms with E-state index < -0.39 is 5.60 Å². The molecule has 1 aromatic heterocycles. The molecule has 1 heterocycles. The van der Waals surface area contributed by atoms with Gasteiger partial charge in [0.25, 0.3) is 0 Å². The normalized spacial score (nSPS) is 11.8. The van der Waals surface area contributed by atoms with Crippen molar-refractivity contribution in [2.75, 3.05) is 0 Å². The first-order chi connectivity index (χ1) is 11.1. The lowest BCUT2D eigenvalue weighted by Gasteiger charge is -2.21. The third-order valence-corrected chi connectivity index (χ3v) is 4.36. The zero-order valence-electron chi connectivity index (χ0n) is 13.6. The molecule has 0 saturated carbocycles. The maximum absolute atomic E-state index is 10.6. The lowest BCUT2D eigenvalue weighted by Crippen LogP contribution is -2.22. The average molecular weight is 310 g/mol. The van der Waals surface area contributed by atoms with E-state index in [-0.39, 0.29) is 0 Å². The van der Waals surface area contributed by atoms with Crippen molar-refractivity contribution >= 4 is 11.0 Å². The SMILES string of the molecule is CCC(O)(CC)c1cc2cc(OCc3ccccc3)ccc2o1. The smallest absolute Gasteiger partial charge is 0.136 e. The van der Waals surface area contributed by atoms with Crippen molar-refractivity contribution in [2.24, 2.45) is 0 Å². The van der Waals surface area contributed by atoms with Crippen LogP contribution in [0.5, 0.6) is 5.75 Å². The number of benzene rings is 2. The number of rotatable bonds is 6. The lowest BCUT2D eigenvalue weighted by molar-refractivity contribution is 0.00832. The number of hydrogen-bond acceptors (Lipinski definition) is 3. The van der Waals surface area contributed by atoms with Crippen molar-refractivity contribution in [1.82, 2.24) is 0 Å². The Kier molecular flexibility index (Phi) is 4.39. The standard InChI is InChI=1S/C20H22O3/c1-3-20(21,4-2)19-13-16-12-17(10-11-18(16)23-19)22-14-15-8-6-5-7-9-15/h5-13,21H,3-4,14H2,1-2H3. The molecule has 3 rings (SSSR count). The first-order valence-electron chi connectivity index (χ1n) is 8.08. The quantitative estimate of drug-likeness (QED) is 0.695. The number of aliphatic hydroxyl groups is 1. The van der Waals surface area contributed by atoms with E-state index in [1.54, 1.807) is 0 Å². The van der Waals surface area contributed by atoms with Crippen LogP contribution < -0.4 is 4.74 Å². The molecule has 0 fully saturated rings. The van der Waals surface area contributed by atoms with Gasteiger partial charge in [0.15, 0.2) is 0 Å². The summed E-state index contributed by atoms with van der Waals surface area (Å²) in [4.78, 5) is 0. The summed E-state index contributed by atoms with van der Waals surface area (Å²) < 4.78 is 11.7. The summed E-state index contributed by atoms with van der Waals surface area (Å²) >= 11 is 0. The Balaban J connectivity index is 1.82. The second-order valence-electron chi connectivity index (χ2n) is 5.82. The molecule has 0 aliphatic rings. The Morgan fingerprint density at radius 1 is 1.00 bits per heavy atom. The van der Waals surface area contributed by atoms with E-state index in [0.717, 1.165) is 22.3 Å². The van der Waals surface area contributed by atoms with Gasteiger partial charge in [-0.25, -0.2) is 0 Å². The summed E-state index contributed by atoms with van der Waals surface area (Å²) in [6, 6.07) is 17.7. The van der Waals surface area contributed by atoms with Crippen LogP contribution in [0, 0.1) is 0 Å². The fourth-order valence-electron chi connectivity index (χ4n) is 2.68. The molecular formula is C20H22O3. The first kappa shape index (κ1) is 15.6. The van der Waals surface area contributed by atoms with Crippen LogP contribution in [0.3, 0.4) is 0 Å². The van der Waals surface area contributed by atoms with Crippen LogP contribution in [0.2, 0.25) is 0 Å². The predicted molar refractivity (Wildman–Crippen MR) is 91.5 cm³/mol. The van der Waals surface area contributed by atoms with Crippen molar-refractivity contribution in [3.63, 3.8) is 0 Å². The van der Waals surface area contributed by atoms with E-state index in [2.05, 4.69) is 0 Å². The number of furan rings is 1. The maximum atomic E-state index is 10.6. The topological polar surface area (TPSA) is 42.6 Å². The Labute approximate surface area is 136 Å². The van der Waals surface area contributed by atoms with Crippen LogP contribution in [0.25, 0.3) is 11.0 Å². The summed E-state index contributed by atoms with van der Waals surface area (Å²) in [5.74, 6) is 1.42. The molecule has 0 amide bonds. The summed E-state index contributed by atoms with van der Waals surface area (Å²) in [5, 5.41) is 11.5. The second-order valence-corrected chi connectivity index (χ2v) is 5.82. The van der Waals surface area contributed by atoms with Gasteiger partial charge in [0.1, 0.15) is 29.3 Å². The number of ether oxygens (including phenoxy) is 1. The van der Waals surface area contributed by atoms with Crippen LogP contribution >= 0.6 is 0 Å². The zero-order chi connectivity index (χ0) is 16.3. The number of fused-ring (bicyclic) bond motifs is 1. The minimum Gasteiger partial charge on any atom is -0.489 e. The third-order valence-electron chi connectivity index (χ3n) is 4.36. The molecule has 0 aliphatic carbocycles. The highest BCUT2D eigenvalue weighted by Gasteiger charge is 2.29. The lowest BCUT2D eigenvalue weighted by atomic mass is 9.94. The van der Waals surface area contributed by atoms with Gasteiger partial charge >= 0.3 is 0 Å². The van der Waals surface area contributed by atoms with E-state index in [1.165, 1.54) is 0 Å². The highest BCUT2D eigenvalue weighted by atomic mass is 16.5. The molecule has 0 spiro atoms. The van der Waals surface area contributed by atoms with Gasteiger partial charge in [-0.3, -0.25) is 0 Å². The largest absolute Gasteiger partial charge is 0.489 e. The molecule has 3 nitrogen and oxygen atoms in total. The summed E-state index contributed by atoms with van der Waals surface area (Å²) in [7, 11) is 0. The van der Waals surface area contributed by atoms with Crippen LogP contribution in [0.15, 0.2) is 59.0 Å². The van der Waals surface area contributed by atoms with Gasteiger partial charge in [-0.15, -0.1) is 0 Å².